The number of carbonyl (C=O) groups excluding carboxylic acids is 1. The van der Waals surface area contributed by atoms with Crippen LogP contribution < -0.4 is 10.6 Å². The molecule has 104 valence electrons. The lowest BCUT2D eigenvalue weighted by Gasteiger charge is -2.14. The number of hydrogen-bond acceptors (Lipinski definition) is 3. The Morgan fingerprint density at radius 1 is 1.40 bits per heavy atom. The van der Waals surface area contributed by atoms with Gasteiger partial charge in [0.2, 0.25) is 5.91 Å². The number of hydrogen-bond donors (Lipinski definition) is 2. The van der Waals surface area contributed by atoms with Crippen molar-refractivity contribution in [2.45, 2.75) is 38.4 Å². The third-order valence-electron chi connectivity index (χ3n) is 3.69. The van der Waals surface area contributed by atoms with Gasteiger partial charge in [-0.15, -0.1) is 0 Å². The van der Waals surface area contributed by atoms with E-state index < -0.39 is 0 Å². The van der Waals surface area contributed by atoms with Crippen LogP contribution in [0, 0.1) is 0 Å². The molecule has 1 aliphatic rings. The zero-order valence-corrected chi connectivity index (χ0v) is 11.6. The lowest BCUT2D eigenvalue weighted by molar-refractivity contribution is -0.122. The van der Waals surface area contributed by atoms with Crippen LogP contribution in [0.2, 0.25) is 0 Å². The van der Waals surface area contributed by atoms with Gasteiger partial charge in [-0.3, -0.25) is 9.78 Å². The van der Waals surface area contributed by atoms with E-state index in [0.29, 0.717) is 12.6 Å². The molecule has 4 heteroatoms. The summed E-state index contributed by atoms with van der Waals surface area (Å²) in [5.41, 5.74) is 1.19. The Labute approximate surface area is 118 Å². The lowest BCUT2D eigenvalue weighted by Crippen LogP contribution is -2.42. The molecule has 3 rings (SSSR count). The molecule has 1 aromatic carbocycles. The van der Waals surface area contributed by atoms with Crippen molar-refractivity contribution in [2.75, 3.05) is 0 Å². The highest BCUT2D eigenvalue weighted by Crippen LogP contribution is 2.19. The third-order valence-corrected chi connectivity index (χ3v) is 3.69. The van der Waals surface area contributed by atoms with E-state index in [1.807, 2.05) is 25.3 Å². The minimum Gasteiger partial charge on any atom is -0.352 e. The predicted molar refractivity (Wildman–Crippen MR) is 79.2 cm³/mol. The average Bonchev–Trinajstić information content (AvgIpc) is 3.28. The number of rotatable bonds is 5. The maximum absolute atomic E-state index is 11.9. The number of carbonyl (C=O) groups is 1. The zero-order valence-electron chi connectivity index (χ0n) is 11.6. The number of benzene rings is 1. The van der Waals surface area contributed by atoms with Crippen LogP contribution in [0.25, 0.3) is 10.8 Å². The van der Waals surface area contributed by atoms with Gasteiger partial charge in [-0.05, 0) is 36.8 Å². The fourth-order valence-corrected chi connectivity index (χ4v) is 2.25. The standard InChI is InChI=1S/C16H19N3O/c1-11(16(20)19-14-5-6-14)18-10-13-4-2-3-12-9-17-8-7-15(12)13/h2-4,7-9,11,14,18H,5-6,10H2,1H3,(H,19,20). The van der Waals surface area contributed by atoms with Crippen LogP contribution in [0.5, 0.6) is 0 Å². The van der Waals surface area contributed by atoms with Gasteiger partial charge < -0.3 is 10.6 Å². The first-order valence-corrected chi connectivity index (χ1v) is 7.09. The maximum Gasteiger partial charge on any atom is 0.237 e. The second-order valence-corrected chi connectivity index (χ2v) is 5.40. The largest absolute Gasteiger partial charge is 0.352 e. The SMILES string of the molecule is CC(NCc1cccc2cnccc12)C(=O)NC1CC1. The van der Waals surface area contributed by atoms with Crippen LogP contribution in [-0.2, 0) is 11.3 Å². The Balaban J connectivity index is 1.65. The van der Waals surface area contributed by atoms with Crippen molar-refractivity contribution in [3.8, 4) is 0 Å². The Morgan fingerprint density at radius 2 is 2.25 bits per heavy atom. The minimum atomic E-state index is -0.173. The van der Waals surface area contributed by atoms with Gasteiger partial charge >= 0.3 is 0 Å². The molecule has 20 heavy (non-hydrogen) atoms. The number of nitrogens with one attached hydrogen (secondary N) is 2. The normalized spacial score (nSPS) is 16.1. The Kier molecular flexibility index (Phi) is 3.65. The van der Waals surface area contributed by atoms with Crippen LogP contribution in [0.1, 0.15) is 25.3 Å². The van der Waals surface area contributed by atoms with Gasteiger partial charge in [-0.1, -0.05) is 18.2 Å². The molecule has 1 unspecified atom stereocenters. The zero-order chi connectivity index (χ0) is 13.9. The average molecular weight is 269 g/mol. The molecule has 4 nitrogen and oxygen atoms in total. The summed E-state index contributed by atoms with van der Waals surface area (Å²) >= 11 is 0. The van der Waals surface area contributed by atoms with E-state index in [2.05, 4.69) is 27.8 Å². The second kappa shape index (κ2) is 5.59. The highest BCUT2D eigenvalue weighted by atomic mass is 16.2. The molecule has 0 radical (unpaired) electrons. The van der Waals surface area contributed by atoms with E-state index in [-0.39, 0.29) is 11.9 Å². The van der Waals surface area contributed by atoms with Crippen LogP contribution in [-0.4, -0.2) is 23.0 Å². The summed E-state index contributed by atoms with van der Waals surface area (Å²) in [7, 11) is 0. The molecular formula is C16H19N3O. The summed E-state index contributed by atoms with van der Waals surface area (Å²) in [6.07, 6.45) is 5.90. The predicted octanol–water partition coefficient (Wildman–Crippen LogP) is 1.99. The van der Waals surface area contributed by atoms with Gasteiger partial charge in [0.1, 0.15) is 0 Å². The molecule has 0 saturated heterocycles. The van der Waals surface area contributed by atoms with E-state index in [4.69, 9.17) is 0 Å². The maximum atomic E-state index is 11.9. The first-order valence-electron chi connectivity index (χ1n) is 7.09. The van der Waals surface area contributed by atoms with Gasteiger partial charge in [0, 0.05) is 30.4 Å². The smallest absolute Gasteiger partial charge is 0.237 e. The fraction of sp³-hybridized carbons (Fsp3) is 0.375. The molecule has 1 amide bonds. The van der Waals surface area contributed by atoms with Crippen molar-refractivity contribution >= 4 is 16.7 Å². The molecule has 1 atom stereocenters. The summed E-state index contributed by atoms with van der Waals surface area (Å²) < 4.78 is 0. The summed E-state index contributed by atoms with van der Waals surface area (Å²) in [6, 6.07) is 8.41. The first kappa shape index (κ1) is 13.1. The molecule has 1 fully saturated rings. The quantitative estimate of drug-likeness (QED) is 0.873. The molecule has 2 N–H and O–H groups in total. The number of aromatic nitrogens is 1. The van der Waals surface area contributed by atoms with E-state index in [9.17, 15) is 4.79 Å². The molecule has 2 aromatic rings. The van der Waals surface area contributed by atoms with E-state index in [1.165, 1.54) is 10.9 Å². The van der Waals surface area contributed by atoms with Crippen molar-refractivity contribution in [3.63, 3.8) is 0 Å². The van der Waals surface area contributed by atoms with Crippen molar-refractivity contribution in [1.82, 2.24) is 15.6 Å². The van der Waals surface area contributed by atoms with Crippen molar-refractivity contribution in [3.05, 3.63) is 42.2 Å². The Hall–Kier alpha value is -1.94. The molecule has 0 bridgehead atoms. The topological polar surface area (TPSA) is 54.0 Å². The van der Waals surface area contributed by atoms with Crippen LogP contribution in [0.15, 0.2) is 36.7 Å². The van der Waals surface area contributed by atoms with E-state index >= 15 is 0 Å². The van der Waals surface area contributed by atoms with Gasteiger partial charge in [-0.25, -0.2) is 0 Å². The van der Waals surface area contributed by atoms with Crippen LogP contribution in [0.4, 0.5) is 0 Å². The monoisotopic (exact) mass is 269 g/mol. The minimum absolute atomic E-state index is 0.0920. The third kappa shape index (κ3) is 2.96. The van der Waals surface area contributed by atoms with Crippen LogP contribution >= 0.6 is 0 Å². The van der Waals surface area contributed by atoms with Crippen LogP contribution in [0.3, 0.4) is 0 Å². The number of pyridine rings is 1. The molecular weight excluding hydrogens is 250 g/mol. The van der Waals surface area contributed by atoms with E-state index in [1.54, 1.807) is 6.20 Å². The first-order chi connectivity index (χ1) is 9.74. The summed E-state index contributed by atoms with van der Waals surface area (Å²) in [4.78, 5) is 16.0. The van der Waals surface area contributed by atoms with Crippen molar-refractivity contribution < 1.29 is 4.79 Å². The van der Waals surface area contributed by atoms with Gasteiger partial charge in [0.05, 0.1) is 6.04 Å². The number of fused-ring (bicyclic) bond motifs is 1. The summed E-state index contributed by atoms with van der Waals surface area (Å²) in [5, 5.41) is 8.62. The van der Waals surface area contributed by atoms with Gasteiger partial charge in [0.15, 0.2) is 0 Å². The number of amides is 1. The second-order valence-electron chi connectivity index (χ2n) is 5.40. The van der Waals surface area contributed by atoms with Crippen molar-refractivity contribution in [2.24, 2.45) is 0 Å². The Bertz CT molecular complexity index is 617. The lowest BCUT2D eigenvalue weighted by atomic mass is 10.1. The molecule has 0 aliphatic heterocycles. The van der Waals surface area contributed by atoms with Gasteiger partial charge in [-0.2, -0.15) is 0 Å². The fourth-order valence-electron chi connectivity index (χ4n) is 2.25. The van der Waals surface area contributed by atoms with Gasteiger partial charge in [0.25, 0.3) is 0 Å². The molecule has 1 aliphatic carbocycles. The highest BCUT2D eigenvalue weighted by molar-refractivity contribution is 5.85. The molecule has 1 heterocycles. The van der Waals surface area contributed by atoms with E-state index in [0.717, 1.165) is 18.2 Å². The number of nitrogens with zero attached hydrogens (tertiary/aromatic N) is 1. The van der Waals surface area contributed by atoms with Crippen molar-refractivity contribution in [1.29, 1.82) is 0 Å². The molecule has 0 spiro atoms. The summed E-state index contributed by atoms with van der Waals surface area (Å²) in [6.45, 7) is 2.59. The highest BCUT2D eigenvalue weighted by Gasteiger charge is 2.25. The summed E-state index contributed by atoms with van der Waals surface area (Å²) in [5.74, 6) is 0.0920. The molecule has 1 aromatic heterocycles. The molecule has 1 saturated carbocycles. The Morgan fingerprint density at radius 3 is 3.05 bits per heavy atom.